The fraction of sp³-hybridized carbons (Fsp3) is 0.312. The SMILES string of the molecule is CN(C)C(=O)c1cccc(NC=C2C(=O)OC(C)(C)OC2=O)c1. The second-order valence-electron chi connectivity index (χ2n) is 5.66. The van der Waals surface area contributed by atoms with E-state index >= 15 is 0 Å². The largest absolute Gasteiger partial charge is 0.419 e. The van der Waals surface area contributed by atoms with Crippen molar-refractivity contribution in [2.75, 3.05) is 19.4 Å². The van der Waals surface area contributed by atoms with Crippen LogP contribution in [0.3, 0.4) is 0 Å². The first-order valence-corrected chi connectivity index (χ1v) is 6.95. The number of nitrogens with zero attached hydrogens (tertiary/aromatic N) is 1. The second-order valence-corrected chi connectivity index (χ2v) is 5.66. The minimum Gasteiger partial charge on any atom is -0.419 e. The molecule has 1 aromatic rings. The smallest absolute Gasteiger partial charge is 0.350 e. The maximum Gasteiger partial charge on any atom is 0.350 e. The number of amides is 1. The van der Waals surface area contributed by atoms with Crippen molar-refractivity contribution in [3.8, 4) is 0 Å². The predicted molar refractivity (Wildman–Crippen MR) is 82.4 cm³/mol. The van der Waals surface area contributed by atoms with Crippen LogP contribution in [0.25, 0.3) is 0 Å². The Morgan fingerprint density at radius 2 is 1.78 bits per heavy atom. The molecular weight excluding hydrogens is 300 g/mol. The van der Waals surface area contributed by atoms with Gasteiger partial charge in [0.05, 0.1) is 0 Å². The molecule has 7 heteroatoms. The average molecular weight is 318 g/mol. The third-order valence-electron chi connectivity index (χ3n) is 3.02. The monoisotopic (exact) mass is 318 g/mol. The van der Waals surface area contributed by atoms with Crippen LogP contribution in [0.4, 0.5) is 5.69 Å². The number of hydrogen-bond donors (Lipinski definition) is 1. The lowest BCUT2D eigenvalue weighted by molar-refractivity contribution is -0.222. The molecule has 1 fully saturated rings. The summed E-state index contributed by atoms with van der Waals surface area (Å²) in [5, 5.41) is 2.80. The van der Waals surface area contributed by atoms with Gasteiger partial charge in [0.25, 0.3) is 11.7 Å². The molecule has 23 heavy (non-hydrogen) atoms. The third kappa shape index (κ3) is 3.88. The molecule has 122 valence electrons. The minimum absolute atomic E-state index is 0.153. The fourth-order valence-corrected chi connectivity index (χ4v) is 1.93. The highest BCUT2D eigenvalue weighted by Gasteiger charge is 2.38. The van der Waals surface area contributed by atoms with E-state index in [9.17, 15) is 14.4 Å². The van der Waals surface area contributed by atoms with Crippen LogP contribution in [-0.4, -0.2) is 42.6 Å². The van der Waals surface area contributed by atoms with Gasteiger partial charge in [-0.25, -0.2) is 9.59 Å². The van der Waals surface area contributed by atoms with Crippen molar-refractivity contribution in [2.24, 2.45) is 0 Å². The number of rotatable bonds is 3. The highest BCUT2D eigenvalue weighted by atomic mass is 16.7. The Morgan fingerprint density at radius 1 is 1.17 bits per heavy atom. The molecule has 1 saturated heterocycles. The summed E-state index contributed by atoms with van der Waals surface area (Å²) in [5.41, 5.74) is 0.789. The van der Waals surface area contributed by atoms with Gasteiger partial charge in [0, 0.05) is 45.4 Å². The number of anilines is 1. The summed E-state index contributed by atoms with van der Waals surface area (Å²) in [7, 11) is 3.31. The van der Waals surface area contributed by atoms with E-state index in [2.05, 4.69) is 5.32 Å². The lowest BCUT2D eigenvalue weighted by atomic mass is 10.1. The molecule has 0 bridgehead atoms. The summed E-state index contributed by atoms with van der Waals surface area (Å²) in [4.78, 5) is 37.0. The van der Waals surface area contributed by atoms with Crippen molar-refractivity contribution in [3.05, 3.63) is 41.6 Å². The number of carbonyl (C=O) groups excluding carboxylic acids is 3. The normalized spacial score (nSPS) is 16.3. The Hall–Kier alpha value is -2.83. The first-order chi connectivity index (χ1) is 10.7. The van der Waals surface area contributed by atoms with Crippen LogP contribution in [0.2, 0.25) is 0 Å². The van der Waals surface area contributed by atoms with E-state index in [0.29, 0.717) is 11.3 Å². The van der Waals surface area contributed by atoms with Gasteiger partial charge in [-0.2, -0.15) is 0 Å². The van der Waals surface area contributed by atoms with Gasteiger partial charge in [0.1, 0.15) is 0 Å². The summed E-state index contributed by atoms with van der Waals surface area (Å²) in [6.07, 6.45) is 1.21. The number of cyclic esters (lactones) is 2. The third-order valence-corrected chi connectivity index (χ3v) is 3.02. The van der Waals surface area contributed by atoms with Gasteiger partial charge in [0.2, 0.25) is 0 Å². The van der Waals surface area contributed by atoms with Crippen molar-refractivity contribution in [1.29, 1.82) is 0 Å². The minimum atomic E-state index is -1.27. The number of hydrogen-bond acceptors (Lipinski definition) is 6. The van der Waals surface area contributed by atoms with Gasteiger partial charge in [-0.3, -0.25) is 4.79 Å². The molecule has 1 aliphatic rings. The Labute approximate surface area is 133 Å². The van der Waals surface area contributed by atoms with Crippen molar-refractivity contribution in [3.63, 3.8) is 0 Å². The zero-order valence-electron chi connectivity index (χ0n) is 13.4. The molecule has 0 aromatic heterocycles. The van der Waals surface area contributed by atoms with Crippen LogP contribution in [0.5, 0.6) is 0 Å². The van der Waals surface area contributed by atoms with Crippen LogP contribution >= 0.6 is 0 Å². The molecule has 1 heterocycles. The Kier molecular flexibility index (Phi) is 4.40. The molecule has 0 atom stereocenters. The molecule has 2 rings (SSSR count). The zero-order chi connectivity index (χ0) is 17.2. The van der Waals surface area contributed by atoms with Gasteiger partial charge in [-0.15, -0.1) is 0 Å². The number of nitrogens with one attached hydrogen (secondary N) is 1. The maximum absolute atomic E-state index is 11.9. The standard InChI is InChI=1S/C16H18N2O5/c1-16(2)22-14(20)12(15(21)23-16)9-17-11-7-5-6-10(8-11)13(19)18(3)4/h5-9,17H,1-4H3. The van der Waals surface area contributed by atoms with Crippen molar-refractivity contribution in [2.45, 2.75) is 19.6 Å². The molecule has 7 nitrogen and oxygen atoms in total. The number of esters is 2. The van der Waals surface area contributed by atoms with Crippen LogP contribution in [0.15, 0.2) is 36.0 Å². The predicted octanol–water partition coefficient (Wildman–Crippen LogP) is 1.52. The van der Waals surface area contributed by atoms with E-state index < -0.39 is 17.7 Å². The second kappa shape index (κ2) is 6.12. The number of carbonyl (C=O) groups is 3. The molecule has 0 saturated carbocycles. The van der Waals surface area contributed by atoms with Crippen molar-refractivity contribution in [1.82, 2.24) is 4.90 Å². The van der Waals surface area contributed by atoms with Crippen molar-refractivity contribution >= 4 is 23.5 Å². The quantitative estimate of drug-likeness (QED) is 0.517. The van der Waals surface area contributed by atoms with Gasteiger partial charge in [0.15, 0.2) is 5.57 Å². The highest BCUT2D eigenvalue weighted by molar-refractivity contribution is 6.15. The molecule has 1 aliphatic heterocycles. The Morgan fingerprint density at radius 3 is 2.35 bits per heavy atom. The first-order valence-electron chi connectivity index (χ1n) is 6.95. The van der Waals surface area contributed by atoms with E-state index in [1.165, 1.54) is 24.9 Å². The molecule has 0 unspecified atom stereocenters. The Bertz CT molecular complexity index is 669. The summed E-state index contributed by atoms with van der Waals surface area (Å²) in [6.45, 7) is 2.95. The van der Waals surface area contributed by atoms with Crippen molar-refractivity contribution < 1.29 is 23.9 Å². The highest BCUT2D eigenvalue weighted by Crippen LogP contribution is 2.22. The average Bonchev–Trinajstić information content (AvgIpc) is 2.44. The van der Waals surface area contributed by atoms with E-state index in [0.717, 1.165) is 0 Å². The summed E-state index contributed by atoms with van der Waals surface area (Å²) in [6, 6.07) is 6.68. The van der Waals surface area contributed by atoms with Gasteiger partial charge in [-0.1, -0.05) is 6.07 Å². The Balaban J connectivity index is 2.17. The molecule has 1 amide bonds. The maximum atomic E-state index is 11.9. The summed E-state index contributed by atoms with van der Waals surface area (Å²) >= 11 is 0. The van der Waals surface area contributed by atoms with Gasteiger partial charge < -0.3 is 19.7 Å². The topological polar surface area (TPSA) is 84.9 Å². The molecule has 0 radical (unpaired) electrons. The van der Waals surface area contributed by atoms with E-state index in [1.807, 2.05) is 0 Å². The fourth-order valence-electron chi connectivity index (χ4n) is 1.93. The lowest BCUT2D eigenvalue weighted by Gasteiger charge is -2.29. The van der Waals surface area contributed by atoms with Crippen LogP contribution in [-0.2, 0) is 19.1 Å². The van der Waals surface area contributed by atoms with Crippen LogP contribution in [0, 0.1) is 0 Å². The van der Waals surface area contributed by atoms with Crippen LogP contribution in [0.1, 0.15) is 24.2 Å². The van der Waals surface area contributed by atoms with Gasteiger partial charge >= 0.3 is 11.9 Å². The molecule has 1 N–H and O–H groups in total. The molecule has 1 aromatic carbocycles. The molecular formula is C16H18N2O5. The zero-order valence-corrected chi connectivity index (χ0v) is 13.4. The van der Waals surface area contributed by atoms with Gasteiger partial charge in [-0.05, 0) is 18.2 Å². The number of benzene rings is 1. The number of ether oxygens (including phenoxy) is 2. The van der Waals surface area contributed by atoms with E-state index in [-0.39, 0.29) is 11.5 Å². The summed E-state index contributed by atoms with van der Waals surface area (Å²) < 4.78 is 9.97. The molecule has 0 aliphatic carbocycles. The lowest BCUT2D eigenvalue weighted by Crippen LogP contribution is -2.42. The summed E-state index contributed by atoms with van der Waals surface area (Å²) in [5.74, 6) is -2.96. The molecule has 0 spiro atoms. The van der Waals surface area contributed by atoms with Crippen LogP contribution < -0.4 is 5.32 Å². The first kappa shape index (κ1) is 16.5. The van der Waals surface area contributed by atoms with E-state index in [4.69, 9.17) is 9.47 Å². The van der Waals surface area contributed by atoms with E-state index in [1.54, 1.807) is 38.4 Å².